The number of rotatable bonds is 4. The molecule has 0 N–H and O–H groups in total. The van der Waals surface area contributed by atoms with Crippen molar-refractivity contribution in [2.75, 3.05) is 6.54 Å². The highest BCUT2D eigenvalue weighted by atomic mass is 35.5. The molecule has 1 heterocycles. The van der Waals surface area contributed by atoms with Gasteiger partial charge in [-0.25, -0.2) is 4.79 Å². The number of carbonyl (C=O) groups excluding carboxylic acids is 1. The molecule has 2 rings (SSSR count). The first-order valence-corrected chi connectivity index (χ1v) is 8.56. The summed E-state index contributed by atoms with van der Waals surface area (Å²) < 4.78 is 5.55. The van der Waals surface area contributed by atoms with E-state index in [1.165, 1.54) is 19.3 Å². The first-order valence-electron chi connectivity index (χ1n) is 7.80. The van der Waals surface area contributed by atoms with Crippen LogP contribution in [0.5, 0.6) is 0 Å². The smallest absolute Gasteiger partial charge is 0.339 e. The number of likely N-dealkylation sites (tertiary alicyclic amines) is 1. The molecule has 0 radical (unpaired) electrons. The minimum absolute atomic E-state index is 0.178. The van der Waals surface area contributed by atoms with E-state index in [0.717, 1.165) is 6.54 Å². The van der Waals surface area contributed by atoms with E-state index in [0.29, 0.717) is 27.7 Å². The van der Waals surface area contributed by atoms with Gasteiger partial charge in [-0.05, 0) is 51.8 Å². The first kappa shape index (κ1) is 17.6. The molecule has 0 unspecified atom stereocenters. The highest BCUT2D eigenvalue weighted by Gasteiger charge is 2.27. The lowest BCUT2D eigenvalue weighted by molar-refractivity contribution is 0.00813. The minimum atomic E-state index is -0.397. The molecule has 5 heteroatoms. The van der Waals surface area contributed by atoms with Crippen LogP contribution >= 0.6 is 23.2 Å². The summed E-state index contributed by atoms with van der Waals surface area (Å²) in [5.74, 6) is -0.397. The standard InChI is InChI=1S/C17H23Cl2NO2/c1-11-5-4-6-12(2)20(11)10-13(3)22-17(21)15-8-7-14(18)9-16(15)19/h7-9,11-13H,4-6,10H2,1-3H3/t11-,12-,13-/m0/s1. The highest BCUT2D eigenvalue weighted by molar-refractivity contribution is 6.36. The molecule has 0 aliphatic carbocycles. The van der Waals surface area contributed by atoms with Crippen molar-refractivity contribution in [2.24, 2.45) is 0 Å². The van der Waals surface area contributed by atoms with Crippen LogP contribution in [0, 0.1) is 0 Å². The van der Waals surface area contributed by atoms with Gasteiger partial charge in [-0.15, -0.1) is 0 Å². The first-order chi connectivity index (χ1) is 10.4. The van der Waals surface area contributed by atoms with Gasteiger partial charge in [0.2, 0.25) is 0 Å². The van der Waals surface area contributed by atoms with Gasteiger partial charge >= 0.3 is 5.97 Å². The molecule has 0 bridgehead atoms. The van der Waals surface area contributed by atoms with Crippen LogP contribution in [0.2, 0.25) is 10.0 Å². The fourth-order valence-corrected chi connectivity index (χ4v) is 3.56. The molecule has 0 aromatic heterocycles. The maximum absolute atomic E-state index is 12.2. The van der Waals surface area contributed by atoms with Crippen LogP contribution in [0.15, 0.2) is 18.2 Å². The van der Waals surface area contributed by atoms with Gasteiger partial charge in [0, 0.05) is 23.7 Å². The summed E-state index contributed by atoms with van der Waals surface area (Å²) in [5, 5.41) is 0.829. The van der Waals surface area contributed by atoms with E-state index in [4.69, 9.17) is 27.9 Å². The number of carbonyl (C=O) groups is 1. The summed E-state index contributed by atoms with van der Waals surface area (Å²) in [4.78, 5) is 14.6. The van der Waals surface area contributed by atoms with Crippen LogP contribution < -0.4 is 0 Å². The van der Waals surface area contributed by atoms with Gasteiger partial charge in [0.1, 0.15) is 6.10 Å². The number of esters is 1. The molecule has 0 spiro atoms. The molecule has 1 aliphatic heterocycles. The van der Waals surface area contributed by atoms with Crippen molar-refractivity contribution in [3.63, 3.8) is 0 Å². The number of hydrogen-bond acceptors (Lipinski definition) is 3. The maximum Gasteiger partial charge on any atom is 0.339 e. The summed E-state index contributed by atoms with van der Waals surface area (Å²) >= 11 is 11.9. The Bertz CT molecular complexity index is 525. The Kier molecular flexibility index (Phi) is 6.13. The van der Waals surface area contributed by atoms with Gasteiger partial charge in [0.15, 0.2) is 0 Å². The Balaban J connectivity index is 1.96. The van der Waals surface area contributed by atoms with Crippen LogP contribution in [0.3, 0.4) is 0 Å². The van der Waals surface area contributed by atoms with Gasteiger partial charge in [-0.2, -0.15) is 0 Å². The predicted octanol–water partition coefficient (Wildman–Crippen LogP) is 4.80. The minimum Gasteiger partial charge on any atom is -0.458 e. The van der Waals surface area contributed by atoms with Gasteiger partial charge in [0.25, 0.3) is 0 Å². The quantitative estimate of drug-likeness (QED) is 0.735. The number of ether oxygens (including phenoxy) is 1. The lowest BCUT2D eigenvalue weighted by atomic mass is 9.97. The molecule has 0 saturated carbocycles. The van der Waals surface area contributed by atoms with Gasteiger partial charge in [0.05, 0.1) is 10.6 Å². The molecule has 1 saturated heterocycles. The number of piperidine rings is 1. The van der Waals surface area contributed by atoms with Crippen molar-refractivity contribution in [3.05, 3.63) is 33.8 Å². The zero-order valence-electron chi connectivity index (χ0n) is 13.3. The number of nitrogens with zero attached hydrogens (tertiary/aromatic N) is 1. The molecule has 3 atom stereocenters. The third-order valence-corrected chi connectivity index (χ3v) is 4.85. The van der Waals surface area contributed by atoms with Crippen molar-refractivity contribution in [2.45, 2.75) is 58.2 Å². The molecule has 1 aliphatic rings. The zero-order valence-corrected chi connectivity index (χ0v) is 14.8. The average molecular weight is 344 g/mol. The topological polar surface area (TPSA) is 29.5 Å². The van der Waals surface area contributed by atoms with E-state index in [1.807, 2.05) is 6.92 Å². The summed E-state index contributed by atoms with van der Waals surface area (Å²) in [5.41, 5.74) is 0.359. The molecular weight excluding hydrogens is 321 g/mol. The normalized spacial score (nSPS) is 24.0. The monoisotopic (exact) mass is 343 g/mol. The van der Waals surface area contributed by atoms with Crippen molar-refractivity contribution < 1.29 is 9.53 Å². The molecule has 1 fully saturated rings. The van der Waals surface area contributed by atoms with Crippen molar-refractivity contribution in [1.29, 1.82) is 0 Å². The lowest BCUT2D eigenvalue weighted by Gasteiger charge is -2.40. The number of halogens is 2. The van der Waals surface area contributed by atoms with E-state index < -0.39 is 5.97 Å². The zero-order chi connectivity index (χ0) is 16.3. The van der Waals surface area contributed by atoms with Gasteiger partial charge < -0.3 is 4.74 Å². The third kappa shape index (κ3) is 4.37. The largest absolute Gasteiger partial charge is 0.458 e. The van der Waals surface area contributed by atoms with E-state index in [2.05, 4.69) is 18.7 Å². The molecule has 122 valence electrons. The number of benzene rings is 1. The van der Waals surface area contributed by atoms with Crippen LogP contribution in [0.4, 0.5) is 0 Å². The second kappa shape index (κ2) is 7.67. The van der Waals surface area contributed by atoms with Crippen LogP contribution in [-0.4, -0.2) is 35.6 Å². The van der Waals surface area contributed by atoms with E-state index in [9.17, 15) is 4.79 Å². The summed E-state index contributed by atoms with van der Waals surface area (Å²) in [6.45, 7) is 7.15. The third-order valence-electron chi connectivity index (χ3n) is 4.30. The van der Waals surface area contributed by atoms with Crippen molar-refractivity contribution >= 4 is 29.2 Å². The Hall–Kier alpha value is -0.770. The summed E-state index contributed by atoms with van der Waals surface area (Å²) in [6.07, 6.45) is 3.50. The summed E-state index contributed by atoms with van der Waals surface area (Å²) in [6, 6.07) is 5.86. The molecule has 0 amide bonds. The Morgan fingerprint density at radius 2 is 1.95 bits per heavy atom. The van der Waals surface area contributed by atoms with Gasteiger partial charge in [-0.1, -0.05) is 29.6 Å². The Labute approximate surface area is 142 Å². The highest BCUT2D eigenvalue weighted by Crippen LogP contribution is 2.24. The summed E-state index contributed by atoms with van der Waals surface area (Å²) in [7, 11) is 0. The average Bonchev–Trinajstić information content (AvgIpc) is 2.42. The molecule has 1 aromatic carbocycles. The lowest BCUT2D eigenvalue weighted by Crippen LogP contribution is -2.47. The van der Waals surface area contributed by atoms with E-state index >= 15 is 0 Å². The van der Waals surface area contributed by atoms with Crippen molar-refractivity contribution in [3.8, 4) is 0 Å². The van der Waals surface area contributed by atoms with E-state index in [-0.39, 0.29) is 6.10 Å². The number of hydrogen-bond donors (Lipinski definition) is 0. The Morgan fingerprint density at radius 3 is 2.55 bits per heavy atom. The van der Waals surface area contributed by atoms with Crippen LogP contribution in [0.1, 0.15) is 50.4 Å². The SMILES string of the molecule is C[C@@H](CN1[C@@H](C)CCC[C@@H]1C)OC(=O)c1ccc(Cl)cc1Cl. The molecular formula is C17H23Cl2NO2. The Morgan fingerprint density at radius 1 is 1.32 bits per heavy atom. The fraction of sp³-hybridized carbons (Fsp3) is 0.588. The fourth-order valence-electron chi connectivity index (χ4n) is 3.07. The van der Waals surface area contributed by atoms with Gasteiger partial charge in [-0.3, -0.25) is 4.90 Å². The molecule has 3 nitrogen and oxygen atoms in total. The van der Waals surface area contributed by atoms with Crippen LogP contribution in [0.25, 0.3) is 0 Å². The second-order valence-corrected chi connectivity index (χ2v) is 7.01. The maximum atomic E-state index is 12.2. The van der Waals surface area contributed by atoms with Crippen molar-refractivity contribution in [1.82, 2.24) is 4.90 Å². The van der Waals surface area contributed by atoms with E-state index in [1.54, 1.807) is 18.2 Å². The second-order valence-electron chi connectivity index (χ2n) is 6.17. The molecule has 22 heavy (non-hydrogen) atoms. The van der Waals surface area contributed by atoms with Crippen LogP contribution in [-0.2, 0) is 4.74 Å². The predicted molar refractivity (Wildman–Crippen MR) is 90.8 cm³/mol. The molecule has 1 aromatic rings.